The van der Waals surface area contributed by atoms with Gasteiger partial charge in [0.2, 0.25) is 5.82 Å². The molecule has 0 unspecified atom stereocenters. The maximum absolute atomic E-state index is 14.6. The fourth-order valence-corrected chi connectivity index (χ4v) is 6.86. The number of carbonyl (C=O) groups is 3. The van der Waals surface area contributed by atoms with Crippen molar-refractivity contribution in [3.63, 3.8) is 0 Å². The second kappa shape index (κ2) is 14.2. The molecule has 3 amide bonds. The predicted molar refractivity (Wildman–Crippen MR) is 175 cm³/mol. The summed E-state index contributed by atoms with van der Waals surface area (Å²) >= 11 is 0. The molecule has 1 aliphatic carbocycles. The average molecular weight is 678 g/mol. The van der Waals surface area contributed by atoms with Gasteiger partial charge in [-0.05, 0) is 79.8 Å². The molecule has 3 aromatic carbocycles. The minimum Gasteiger partial charge on any atom is -0.488 e. The number of carbonyl (C=O) groups excluding carboxylic acids is 1. The lowest BCUT2D eigenvalue weighted by atomic mass is 9.81. The van der Waals surface area contributed by atoms with Gasteiger partial charge in [0.25, 0.3) is 5.91 Å². The highest BCUT2D eigenvalue weighted by atomic mass is 19.2. The Morgan fingerprint density at radius 1 is 0.857 bits per heavy atom. The van der Waals surface area contributed by atoms with Gasteiger partial charge in [0, 0.05) is 31.2 Å². The molecule has 9 nitrogen and oxygen atoms in total. The molecule has 49 heavy (non-hydrogen) atoms. The van der Waals surface area contributed by atoms with Crippen LogP contribution in [-0.4, -0.2) is 87.4 Å². The van der Waals surface area contributed by atoms with E-state index in [0.29, 0.717) is 43.0 Å². The number of benzene rings is 3. The number of ether oxygens (including phenoxy) is 1. The summed E-state index contributed by atoms with van der Waals surface area (Å²) in [6.45, 7) is 2.25. The largest absolute Gasteiger partial charge is 0.488 e. The Balaban J connectivity index is 1.26. The molecule has 12 heteroatoms. The van der Waals surface area contributed by atoms with Gasteiger partial charge in [-0.1, -0.05) is 54.1 Å². The molecule has 0 spiro atoms. The van der Waals surface area contributed by atoms with Gasteiger partial charge in [0.1, 0.15) is 0 Å². The lowest BCUT2D eigenvalue weighted by molar-refractivity contribution is -0.128. The number of carboxylic acid groups (broad SMARTS) is 2. The van der Waals surface area contributed by atoms with E-state index in [1.807, 2.05) is 60.4 Å². The van der Waals surface area contributed by atoms with E-state index >= 15 is 0 Å². The highest BCUT2D eigenvalue weighted by molar-refractivity contribution is 6.04. The molecule has 2 aliphatic heterocycles. The highest BCUT2D eigenvalue weighted by Gasteiger charge is 2.49. The van der Waals surface area contributed by atoms with Crippen LogP contribution in [0.5, 0.6) is 5.75 Å². The first-order chi connectivity index (χ1) is 23.5. The van der Waals surface area contributed by atoms with Crippen LogP contribution >= 0.6 is 0 Å². The number of aryl methyl sites for hydroxylation is 2. The molecule has 1 saturated carbocycles. The van der Waals surface area contributed by atoms with Crippen molar-refractivity contribution in [2.75, 3.05) is 26.2 Å². The van der Waals surface area contributed by atoms with Gasteiger partial charge >= 0.3 is 12.2 Å². The van der Waals surface area contributed by atoms with Crippen LogP contribution in [0.15, 0.2) is 66.2 Å². The van der Waals surface area contributed by atoms with Crippen LogP contribution in [0.25, 0.3) is 5.57 Å². The van der Waals surface area contributed by atoms with Crippen LogP contribution in [0.3, 0.4) is 0 Å². The van der Waals surface area contributed by atoms with Crippen LogP contribution < -0.4 is 4.74 Å². The van der Waals surface area contributed by atoms with Crippen molar-refractivity contribution in [2.24, 2.45) is 0 Å². The van der Waals surface area contributed by atoms with E-state index in [2.05, 4.69) is 0 Å². The van der Waals surface area contributed by atoms with Crippen LogP contribution in [0.4, 0.5) is 22.8 Å². The molecule has 1 saturated heterocycles. The maximum atomic E-state index is 14.6. The van der Waals surface area contributed by atoms with Crippen molar-refractivity contribution >= 4 is 23.7 Å². The molecule has 2 heterocycles. The Labute approximate surface area is 282 Å². The van der Waals surface area contributed by atoms with Crippen LogP contribution in [0.1, 0.15) is 47.9 Å². The van der Waals surface area contributed by atoms with Crippen molar-refractivity contribution in [3.05, 3.63) is 106 Å². The number of piperazine rings is 1. The second-order valence-corrected chi connectivity index (χ2v) is 12.9. The summed E-state index contributed by atoms with van der Waals surface area (Å²) in [5, 5.41) is 20.1. The summed E-state index contributed by atoms with van der Waals surface area (Å²) in [6, 6.07) is 15.5. The molecule has 2 N–H and O–H groups in total. The van der Waals surface area contributed by atoms with E-state index in [1.54, 1.807) is 0 Å². The normalized spacial score (nSPS) is 18.8. The fraction of sp³-hybridized carbons (Fsp3) is 0.378. The van der Waals surface area contributed by atoms with Gasteiger partial charge in [-0.3, -0.25) is 9.69 Å². The molecule has 0 aromatic heterocycles. The summed E-state index contributed by atoms with van der Waals surface area (Å²) in [7, 11) is 0. The van der Waals surface area contributed by atoms with Crippen LogP contribution in [0, 0.1) is 24.4 Å². The third-order valence-corrected chi connectivity index (χ3v) is 9.54. The van der Waals surface area contributed by atoms with Crippen LogP contribution in [0.2, 0.25) is 0 Å². The molecule has 258 valence electrons. The Morgan fingerprint density at radius 3 is 2.16 bits per heavy atom. The van der Waals surface area contributed by atoms with Crippen LogP contribution in [-0.2, 0) is 17.6 Å². The molecule has 6 rings (SSSR count). The first-order valence-electron chi connectivity index (χ1n) is 16.5. The second-order valence-electron chi connectivity index (χ2n) is 12.9. The molecule has 2 fully saturated rings. The predicted octanol–water partition coefficient (Wildman–Crippen LogP) is 6.53. The third kappa shape index (κ3) is 7.38. The van der Waals surface area contributed by atoms with E-state index in [9.17, 15) is 37.8 Å². The van der Waals surface area contributed by atoms with Crippen molar-refractivity contribution in [1.82, 2.24) is 14.7 Å². The number of amides is 3. The van der Waals surface area contributed by atoms with E-state index in [4.69, 9.17) is 4.74 Å². The molecule has 3 aliphatic rings. The minimum absolute atomic E-state index is 0.00649. The zero-order valence-electron chi connectivity index (χ0n) is 27.1. The summed E-state index contributed by atoms with van der Waals surface area (Å²) in [6.07, 6.45) is 1.00. The molecule has 2 atom stereocenters. The topological polar surface area (TPSA) is 111 Å². The number of hydrogen-bond donors (Lipinski definition) is 2. The summed E-state index contributed by atoms with van der Waals surface area (Å²) in [5.41, 5.74) is 4.85. The van der Waals surface area contributed by atoms with Crippen molar-refractivity contribution in [1.29, 1.82) is 0 Å². The molecule has 3 aromatic rings. The van der Waals surface area contributed by atoms with Gasteiger partial charge in [-0.2, -0.15) is 4.39 Å². The number of nitrogens with zero attached hydrogens (tertiary/aromatic N) is 3. The first-order valence-corrected chi connectivity index (χ1v) is 16.5. The summed E-state index contributed by atoms with van der Waals surface area (Å²) in [5.74, 6) is -4.58. The number of hydrogen-bond acceptors (Lipinski definition) is 4. The summed E-state index contributed by atoms with van der Waals surface area (Å²) < 4.78 is 46.5. The van der Waals surface area contributed by atoms with Gasteiger partial charge in [-0.15, -0.1) is 0 Å². The zero-order chi connectivity index (χ0) is 34.8. The fourth-order valence-electron chi connectivity index (χ4n) is 6.86. The van der Waals surface area contributed by atoms with Crippen molar-refractivity contribution < 1.29 is 42.5 Å². The SMILES string of the molecule is Cc1ccc(CCN(C(=O)C2=C(c3ccc(CCCOc4c(F)ccc(F)c4F)cc3)C[C@@H]3CN(C(=O)O)C[C@H]2N3C(=O)O)C2CC2)cc1. The Morgan fingerprint density at radius 2 is 1.51 bits per heavy atom. The quantitative estimate of drug-likeness (QED) is 0.177. The van der Waals surface area contributed by atoms with E-state index in [-0.39, 0.29) is 38.1 Å². The smallest absolute Gasteiger partial charge is 0.408 e. The van der Waals surface area contributed by atoms with E-state index < -0.39 is 47.5 Å². The van der Waals surface area contributed by atoms with Gasteiger partial charge < -0.3 is 24.7 Å². The monoisotopic (exact) mass is 677 g/mol. The van der Waals surface area contributed by atoms with Gasteiger partial charge in [0.15, 0.2) is 17.4 Å². The maximum Gasteiger partial charge on any atom is 0.408 e. The third-order valence-electron chi connectivity index (χ3n) is 9.54. The van der Waals surface area contributed by atoms with E-state index in [1.165, 1.54) is 9.80 Å². The number of halogens is 3. The summed E-state index contributed by atoms with van der Waals surface area (Å²) in [4.78, 5) is 43.5. The van der Waals surface area contributed by atoms with Gasteiger partial charge in [0.05, 0.1) is 18.7 Å². The lowest BCUT2D eigenvalue weighted by Gasteiger charge is -2.49. The molecule has 2 bridgehead atoms. The van der Waals surface area contributed by atoms with Crippen molar-refractivity contribution in [2.45, 2.75) is 63.6 Å². The van der Waals surface area contributed by atoms with Gasteiger partial charge in [-0.25, -0.2) is 18.4 Å². The highest BCUT2D eigenvalue weighted by Crippen LogP contribution is 2.41. The standard InChI is InChI=1S/C37H38F3N3O6/c1-22-4-6-24(7-5-22)16-17-42(26-12-13-26)35(44)32-28(19-27-20-41(36(45)46)21-31(32)43(27)37(47)48)25-10-8-23(9-11-25)3-2-18-49-34-30(39)15-14-29(38)33(34)40/h4-11,14-15,26-27,31H,2-3,12-13,16-21H2,1H3,(H,45,46)(H,47,48)/t27-,31-/m1/s1. The lowest BCUT2D eigenvalue weighted by Crippen LogP contribution is -2.65. The Bertz CT molecular complexity index is 1760. The number of rotatable bonds is 11. The van der Waals surface area contributed by atoms with Crippen molar-refractivity contribution in [3.8, 4) is 5.75 Å². The minimum atomic E-state index is -1.37. The Hall–Kier alpha value is -5.00. The Kier molecular flexibility index (Phi) is 9.84. The first kappa shape index (κ1) is 33.9. The van der Waals surface area contributed by atoms with E-state index in [0.717, 1.165) is 41.2 Å². The molecule has 0 radical (unpaired) electrons. The average Bonchev–Trinajstić information content (AvgIpc) is 3.92. The number of fused-ring (bicyclic) bond motifs is 2. The zero-order valence-corrected chi connectivity index (χ0v) is 27.1. The molecular weight excluding hydrogens is 639 g/mol. The molecular formula is C37H38F3N3O6.